The van der Waals surface area contributed by atoms with E-state index in [9.17, 15) is 0 Å². The highest BCUT2D eigenvalue weighted by Gasteiger charge is 2.07. The van der Waals surface area contributed by atoms with Crippen molar-refractivity contribution in [2.45, 2.75) is 12.8 Å². The molecule has 0 unspecified atom stereocenters. The van der Waals surface area contributed by atoms with Crippen molar-refractivity contribution >= 4 is 22.6 Å². The van der Waals surface area contributed by atoms with E-state index < -0.39 is 0 Å². The second-order valence-corrected chi connectivity index (χ2v) is 6.02. The molecule has 0 atom stereocenters. The molecule has 0 aromatic carbocycles. The van der Waals surface area contributed by atoms with E-state index >= 15 is 0 Å². The van der Waals surface area contributed by atoms with Gasteiger partial charge in [0, 0.05) is 55.4 Å². The number of aromatic amines is 1. The average molecular weight is 336 g/mol. The highest BCUT2D eigenvalue weighted by atomic mass is 35.5. The molecular weight excluding hydrogens is 322 g/mol. The Labute approximate surface area is 143 Å². The zero-order valence-electron chi connectivity index (χ0n) is 12.8. The number of nitrogens with one attached hydrogen (secondary N) is 1. The third-order valence-corrected chi connectivity index (χ3v) is 4.06. The third-order valence-electron chi connectivity index (χ3n) is 3.85. The number of H-pyrrole nitrogens is 1. The number of halogens is 1. The van der Waals surface area contributed by atoms with Gasteiger partial charge in [0.1, 0.15) is 11.5 Å². The van der Waals surface area contributed by atoms with Crippen molar-refractivity contribution in [3.05, 3.63) is 82.9 Å². The van der Waals surface area contributed by atoms with Crippen LogP contribution in [0.15, 0.2) is 55.4 Å². The first-order valence-corrected chi connectivity index (χ1v) is 7.96. The van der Waals surface area contributed by atoms with Gasteiger partial charge in [0.15, 0.2) is 0 Å². The Kier molecular flexibility index (Phi) is 3.92. The minimum absolute atomic E-state index is 0.632. The summed E-state index contributed by atoms with van der Waals surface area (Å²) in [4.78, 5) is 20.4. The molecule has 6 heteroatoms. The molecule has 118 valence electrons. The summed E-state index contributed by atoms with van der Waals surface area (Å²) in [5, 5.41) is 1.66. The summed E-state index contributed by atoms with van der Waals surface area (Å²) in [7, 11) is 0. The van der Waals surface area contributed by atoms with Crippen molar-refractivity contribution in [1.82, 2.24) is 24.9 Å². The molecule has 0 aliphatic heterocycles. The molecule has 0 aliphatic rings. The fourth-order valence-electron chi connectivity index (χ4n) is 2.65. The lowest BCUT2D eigenvalue weighted by Gasteiger charge is -2.03. The summed E-state index contributed by atoms with van der Waals surface area (Å²) in [5.74, 6) is 0.800. The van der Waals surface area contributed by atoms with Gasteiger partial charge in [-0.1, -0.05) is 11.6 Å². The second-order valence-electron chi connectivity index (χ2n) is 5.58. The molecule has 4 heterocycles. The Bertz CT molecular complexity index is 964. The van der Waals surface area contributed by atoms with Crippen LogP contribution in [-0.2, 0) is 12.8 Å². The first-order valence-electron chi connectivity index (χ1n) is 7.58. The fraction of sp³-hybridized carbons (Fsp3) is 0.111. The Morgan fingerprint density at radius 3 is 2.50 bits per heavy atom. The van der Waals surface area contributed by atoms with Crippen LogP contribution >= 0.6 is 11.6 Å². The number of fused-ring (bicyclic) bond motifs is 1. The molecule has 0 spiro atoms. The van der Waals surface area contributed by atoms with E-state index in [1.807, 2.05) is 36.8 Å². The lowest BCUT2D eigenvalue weighted by Crippen LogP contribution is -1.98. The van der Waals surface area contributed by atoms with Crippen molar-refractivity contribution in [3.8, 4) is 0 Å². The normalized spacial score (nSPS) is 11.0. The van der Waals surface area contributed by atoms with E-state index in [-0.39, 0.29) is 0 Å². The number of pyridine rings is 2. The van der Waals surface area contributed by atoms with Gasteiger partial charge >= 0.3 is 0 Å². The van der Waals surface area contributed by atoms with E-state index in [4.69, 9.17) is 11.6 Å². The summed E-state index contributed by atoms with van der Waals surface area (Å²) >= 11 is 6.04. The highest BCUT2D eigenvalue weighted by molar-refractivity contribution is 6.31. The van der Waals surface area contributed by atoms with Crippen LogP contribution in [0.25, 0.3) is 11.0 Å². The maximum absolute atomic E-state index is 6.04. The van der Waals surface area contributed by atoms with Gasteiger partial charge in [0.25, 0.3) is 0 Å². The van der Waals surface area contributed by atoms with Crippen LogP contribution in [0.5, 0.6) is 0 Å². The predicted octanol–water partition coefficient (Wildman–Crippen LogP) is 3.58. The van der Waals surface area contributed by atoms with Gasteiger partial charge in [-0.25, -0.2) is 15.0 Å². The molecule has 0 saturated heterocycles. The number of rotatable bonds is 4. The maximum Gasteiger partial charge on any atom is 0.137 e. The zero-order chi connectivity index (χ0) is 16.4. The summed E-state index contributed by atoms with van der Waals surface area (Å²) < 4.78 is 0. The van der Waals surface area contributed by atoms with Crippen LogP contribution in [0, 0.1) is 0 Å². The highest BCUT2D eigenvalue weighted by Crippen LogP contribution is 2.22. The molecule has 0 saturated carbocycles. The lowest BCUT2D eigenvalue weighted by atomic mass is 10.1. The van der Waals surface area contributed by atoms with E-state index in [1.165, 1.54) is 0 Å². The Balaban J connectivity index is 1.53. The Hall–Kier alpha value is -2.79. The number of aromatic nitrogens is 5. The molecule has 0 bridgehead atoms. The van der Waals surface area contributed by atoms with Crippen LogP contribution in [0.4, 0.5) is 0 Å². The van der Waals surface area contributed by atoms with Crippen molar-refractivity contribution in [3.63, 3.8) is 0 Å². The number of nitrogens with zero attached hydrogens (tertiary/aromatic N) is 4. The first-order chi connectivity index (χ1) is 11.8. The third kappa shape index (κ3) is 3.12. The zero-order valence-corrected chi connectivity index (χ0v) is 13.5. The standard InChI is InChI=1S/C18H14ClN5/c19-15-7-16-14(10-23-18(16)24-11-15)5-13-8-21-17(22-9-13)6-12-1-3-20-4-2-12/h1-4,7-11H,5-6H2,(H,23,24). The van der Waals surface area contributed by atoms with Crippen LogP contribution in [0.1, 0.15) is 22.5 Å². The van der Waals surface area contributed by atoms with Gasteiger partial charge < -0.3 is 4.98 Å². The average Bonchev–Trinajstić information content (AvgIpc) is 3.00. The summed E-state index contributed by atoms with van der Waals surface area (Å²) in [6.45, 7) is 0. The number of hydrogen-bond donors (Lipinski definition) is 1. The van der Waals surface area contributed by atoms with Crippen molar-refractivity contribution in [2.24, 2.45) is 0 Å². The molecule has 4 aromatic rings. The molecule has 0 aliphatic carbocycles. The largest absolute Gasteiger partial charge is 0.346 e. The lowest BCUT2D eigenvalue weighted by molar-refractivity contribution is 0.941. The number of hydrogen-bond acceptors (Lipinski definition) is 4. The molecular formula is C18H14ClN5. The van der Waals surface area contributed by atoms with E-state index in [1.54, 1.807) is 18.6 Å². The quantitative estimate of drug-likeness (QED) is 0.619. The smallest absolute Gasteiger partial charge is 0.137 e. The van der Waals surface area contributed by atoms with E-state index in [2.05, 4.69) is 24.9 Å². The topological polar surface area (TPSA) is 67.3 Å². The molecule has 0 radical (unpaired) electrons. The van der Waals surface area contributed by atoms with Gasteiger partial charge in [-0.05, 0) is 34.9 Å². The van der Waals surface area contributed by atoms with Crippen molar-refractivity contribution in [2.75, 3.05) is 0 Å². The first kappa shape index (κ1) is 14.8. The minimum atomic E-state index is 0.632. The van der Waals surface area contributed by atoms with E-state index in [0.717, 1.165) is 40.0 Å². The van der Waals surface area contributed by atoms with Crippen LogP contribution in [-0.4, -0.2) is 24.9 Å². The molecule has 5 nitrogen and oxygen atoms in total. The van der Waals surface area contributed by atoms with Gasteiger partial charge in [0.2, 0.25) is 0 Å². The molecule has 4 rings (SSSR count). The maximum atomic E-state index is 6.04. The summed E-state index contributed by atoms with van der Waals surface area (Å²) in [5.41, 5.74) is 4.17. The van der Waals surface area contributed by atoms with Crippen LogP contribution in [0.3, 0.4) is 0 Å². The molecule has 24 heavy (non-hydrogen) atoms. The molecule has 0 fully saturated rings. The van der Waals surface area contributed by atoms with Crippen LogP contribution in [0.2, 0.25) is 5.02 Å². The van der Waals surface area contributed by atoms with Crippen molar-refractivity contribution < 1.29 is 0 Å². The van der Waals surface area contributed by atoms with Gasteiger partial charge in [-0.15, -0.1) is 0 Å². The van der Waals surface area contributed by atoms with Gasteiger partial charge in [-0.3, -0.25) is 4.98 Å². The van der Waals surface area contributed by atoms with Crippen molar-refractivity contribution in [1.29, 1.82) is 0 Å². The van der Waals surface area contributed by atoms with Crippen LogP contribution < -0.4 is 0 Å². The predicted molar refractivity (Wildman–Crippen MR) is 93.0 cm³/mol. The van der Waals surface area contributed by atoms with Gasteiger partial charge in [-0.2, -0.15) is 0 Å². The van der Waals surface area contributed by atoms with E-state index in [0.29, 0.717) is 11.4 Å². The minimum Gasteiger partial charge on any atom is -0.346 e. The fourth-order valence-corrected chi connectivity index (χ4v) is 2.80. The second kappa shape index (κ2) is 6.37. The van der Waals surface area contributed by atoms with Gasteiger partial charge in [0.05, 0.1) is 5.02 Å². The Morgan fingerprint density at radius 1 is 0.917 bits per heavy atom. The Morgan fingerprint density at radius 2 is 1.71 bits per heavy atom. The summed E-state index contributed by atoms with van der Waals surface area (Å²) in [6, 6.07) is 5.87. The monoisotopic (exact) mass is 335 g/mol. The SMILES string of the molecule is Clc1cnc2[nH]cc(Cc3cnc(Cc4ccncc4)nc3)c2c1. The molecule has 0 amide bonds. The summed E-state index contributed by atoms with van der Waals surface area (Å²) in [6.07, 6.45) is 12.3. The molecule has 1 N–H and O–H groups in total. The molecule has 4 aromatic heterocycles.